The van der Waals surface area contributed by atoms with Gasteiger partial charge in [0.05, 0.1) is 6.04 Å². The van der Waals surface area contributed by atoms with Crippen molar-refractivity contribution in [1.29, 1.82) is 0 Å². The van der Waals surface area contributed by atoms with Gasteiger partial charge in [-0.15, -0.1) is 6.42 Å². The molecular weight excluding hydrogens is 207 g/mol. The number of primary amides is 1. The number of carbonyl (C=O) groups is 1. The fourth-order valence-corrected chi connectivity index (χ4v) is 1.17. The van der Waals surface area contributed by atoms with Crippen LogP contribution in [0.3, 0.4) is 0 Å². The maximum absolute atomic E-state index is 13.5. The first kappa shape index (κ1) is 12.2. The fraction of sp³-hybridized carbons (Fsp3) is 0.250. The molecule has 0 radical (unpaired) electrons. The summed E-state index contributed by atoms with van der Waals surface area (Å²) in [6.07, 6.45) is 5.17. The Kier molecular flexibility index (Phi) is 4.03. The van der Waals surface area contributed by atoms with E-state index in [1.165, 1.54) is 12.1 Å². The highest BCUT2D eigenvalue weighted by Gasteiger charge is 2.07. The van der Waals surface area contributed by atoms with Crippen LogP contribution < -0.4 is 11.1 Å². The van der Waals surface area contributed by atoms with Crippen LogP contribution >= 0.6 is 0 Å². The highest BCUT2D eigenvalue weighted by molar-refractivity contribution is 5.92. The van der Waals surface area contributed by atoms with Crippen LogP contribution in [0.1, 0.15) is 22.8 Å². The summed E-state index contributed by atoms with van der Waals surface area (Å²) >= 11 is 0. The summed E-state index contributed by atoms with van der Waals surface area (Å²) in [5.41, 5.74) is 5.64. The summed E-state index contributed by atoms with van der Waals surface area (Å²) in [7, 11) is 0. The van der Waals surface area contributed by atoms with Gasteiger partial charge in [0.25, 0.3) is 0 Å². The van der Waals surface area contributed by atoms with E-state index in [4.69, 9.17) is 12.2 Å². The Labute approximate surface area is 93.8 Å². The largest absolute Gasteiger partial charge is 0.366 e. The van der Waals surface area contributed by atoms with E-state index in [2.05, 4.69) is 11.2 Å². The molecule has 0 spiro atoms. The lowest BCUT2D eigenvalue weighted by molar-refractivity contribution is 0.1000. The molecule has 4 heteroatoms. The lowest BCUT2D eigenvalue weighted by Gasteiger charge is -2.08. The van der Waals surface area contributed by atoms with Gasteiger partial charge in [0.15, 0.2) is 0 Å². The third-order valence-electron chi connectivity index (χ3n) is 2.19. The standard InChI is InChI=1S/C12H13FN2O/c1-3-8(2)15-7-10-5-4-9(12(14)16)6-11(10)13/h1,4-6,8,15H,7H2,2H3,(H2,14,16). The second-order valence-electron chi connectivity index (χ2n) is 3.44. The van der Waals surface area contributed by atoms with E-state index in [1.807, 2.05) is 0 Å². The van der Waals surface area contributed by atoms with Crippen molar-refractivity contribution in [1.82, 2.24) is 5.32 Å². The number of amides is 1. The van der Waals surface area contributed by atoms with Gasteiger partial charge in [-0.2, -0.15) is 0 Å². The SMILES string of the molecule is C#CC(C)NCc1ccc(C(N)=O)cc1F. The van der Waals surface area contributed by atoms with Gasteiger partial charge in [0.2, 0.25) is 5.91 Å². The molecule has 3 N–H and O–H groups in total. The highest BCUT2D eigenvalue weighted by atomic mass is 19.1. The molecule has 1 unspecified atom stereocenters. The van der Waals surface area contributed by atoms with E-state index < -0.39 is 11.7 Å². The summed E-state index contributed by atoms with van der Waals surface area (Å²) in [5, 5.41) is 2.95. The molecule has 1 aromatic carbocycles. The Balaban J connectivity index is 2.76. The number of terminal acetylenes is 1. The normalized spacial score (nSPS) is 11.8. The van der Waals surface area contributed by atoms with E-state index >= 15 is 0 Å². The zero-order valence-corrected chi connectivity index (χ0v) is 8.96. The lowest BCUT2D eigenvalue weighted by Crippen LogP contribution is -2.24. The predicted molar refractivity (Wildman–Crippen MR) is 60.1 cm³/mol. The third kappa shape index (κ3) is 3.07. The molecule has 0 bridgehead atoms. The molecule has 0 aliphatic carbocycles. The number of halogens is 1. The van der Waals surface area contributed by atoms with Gasteiger partial charge < -0.3 is 5.73 Å². The molecule has 1 amide bonds. The van der Waals surface area contributed by atoms with Gasteiger partial charge in [-0.25, -0.2) is 4.39 Å². The average Bonchev–Trinajstić information content (AvgIpc) is 2.26. The number of benzene rings is 1. The molecule has 16 heavy (non-hydrogen) atoms. The van der Waals surface area contributed by atoms with Crippen LogP contribution in [0, 0.1) is 18.2 Å². The van der Waals surface area contributed by atoms with E-state index in [1.54, 1.807) is 6.92 Å². The van der Waals surface area contributed by atoms with Crippen molar-refractivity contribution >= 4 is 5.91 Å². The Bertz CT molecular complexity index is 437. The van der Waals surface area contributed by atoms with Gasteiger partial charge >= 0.3 is 0 Å². The Morgan fingerprint density at radius 2 is 2.38 bits per heavy atom. The molecule has 0 aliphatic heterocycles. The molecule has 0 aliphatic rings. The number of hydrogen-bond acceptors (Lipinski definition) is 2. The first-order chi connectivity index (χ1) is 7.54. The van der Waals surface area contributed by atoms with Crippen molar-refractivity contribution in [3.8, 4) is 12.3 Å². The Morgan fingerprint density at radius 1 is 1.69 bits per heavy atom. The second kappa shape index (κ2) is 5.29. The summed E-state index contributed by atoms with van der Waals surface area (Å²) < 4.78 is 13.5. The number of carbonyl (C=O) groups excluding carboxylic acids is 1. The van der Waals surface area contributed by atoms with Crippen LogP contribution in [0.2, 0.25) is 0 Å². The van der Waals surface area contributed by atoms with Crippen LogP contribution in [0.5, 0.6) is 0 Å². The van der Waals surface area contributed by atoms with Crippen molar-refractivity contribution in [3.05, 3.63) is 35.1 Å². The van der Waals surface area contributed by atoms with Gasteiger partial charge in [0, 0.05) is 17.7 Å². The summed E-state index contributed by atoms with van der Waals surface area (Å²) in [4.78, 5) is 10.8. The molecule has 84 valence electrons. The van der Waals surface area contributed by atoms with Gasteiger partial charge in [-0.05, 0) is 19.1 Å². The summed E-state index contributed by atoms with van der Waals surface area (Å²) in [5.74, 6) is 1.37. The van der Waals surface area contributed by atoms with E-state index in [-0.39, 0.29) is 11.6 Å². The van der Waals surface area contributed by atoms with Gasteiger partial charge in [0.1, 0.15) is 5.82 Å². The quantitative estimate of drug-likeness (QED) is 0.745. The van der Waals surface area contributed by atoms with Crippen LogP contribution in [-0.4, -0.2) is 11.9 Å². The number of hydrogen-bond donors (Lipinski definition) is 2. The minimum absolute atomic E-state index is 0.129. The van der Waals surface area contributed by atoms with E-state index in [9.17, 15) is 9.18 Å². The van der Waals surface area contributed by atoms with Crippen LogP contribution in [0.15, 0.2) is 18.2 Å². The van der Waals surface area contributed by atoms with Crippen molar-refractivity contribution in [2.24, 2.45) is 5.73 Å². The summed E-state index contributed by atoms with van der Waals surface area (Å²) in [6, 6.07) is 4.00. The molecule has 1 aromatic rings. The molecule has 1 rings (SSSR count). The molecule has 0 fully saturated rings. The monoisotopic (exact) mass is 220 g/mol. The van der Waals surface area contributed by atoms with E-state index in [0.29, 0.717) is 12.1 Å². The maximum atomic E-state index is 13.5. The smallest absolute Gasteiger partial charge is 0.248 e. The number of rotatable bonds is 4. The Hall–Kier alpha value is -1.86. The van der Waals surface area contributed by atoms with Crippen LogP contribution in [-0.2, 0) is 6.54 Å². The zero-order valence-electron chi connectivity index (χ0n) is 8.96. The molecule has 0 heterocycles. The third-order valence-corrected chi connectivity index (χ3v) is 2.19. The minimum Gasteiger partial charge on any atom is -0.366 e. The maximum Gasteiger partial charge on any atom is 0.248 e. The van der Waals surface area contributed by atoms with Crippen molar-refractivity contribution in [2.45, 2.75) is 19.5 Å². The molecule has 0 saturated heterocycles. The van der Waals surface area contributed by atoms with Crippen LogP contribution in [0.4, 0.5) is 4.39 Å². The highest BCUT2D eigenvalue weighted by Crippen LogP contribution is 2.10. The van der Waals surface area contributed by atoms with Crippen molar-refractivity contribution in [2.75, 3.05) is 0 Å². The molecule has 1 atom stereocenters. The van der Waals surface area contributed by atoms with Gasteiger partial charge in [-0.1, -0.05) is 12.0 Å². The predicted octanol–water partition coefficient (Wildman–Crippen LogP) is 1.04. The van der Waals surface area contributed by atoms with Crippen LogP contribution in [0.25, 0.3) is 0 Å². The van der Waals surface area contributed by atoms with Crippen molar-refractivity contribution in [3.63, 3.8) is 0 Å². The lowest BCUT2D eigenvalue weighted by atomic mass is 10.1. The average molecular weight is 220 g/mol. The second-order valence-corrected chi connectivity index (χ2v) is 3.44. The Morgan fingerprint density at radius 3 is 2.88 bits per heavy atom. The van der Waals surface area contributed by atoms with E-state index in [0.717, 1.165) is 6.07 Å². The number of nitrogens with one attached hydrogen (secondary N) is 1. The minimum atomic E-state index is -0.643. The molecule has 0 saturated carbocycles. The molecular formula is C12H13FN2O. The molecule has 3 nitrogen and oxygen atoms in total. The molecule has 0 aromatic heterocycles. The topological polar surface area (TPSA) is 55.1 Å². The van der Waals surface area contributed by atoms with Gasteiger partial charge in [-0.3, -0.25) is 10.1 Å². The van der Waals surface area contributed by atoms with Crippen molar-refractivity contribution < 1.29 is 9.18 Å². The fourth-order valence-electron chi connectivity index (χ4n) is 1.17. The summed E-state index contributed by atoms with van der Waals surface area (Å²) in [6.45, 7) is 2.12. The zero-order chi connectivity index (χ0) is 12.1. The number of nitrogens with two attached hydrogens (primary N) is 1. The first-order valence-electron chi connectivity index (χ1n) is 4.82. The first-order valence-corrected chi connectivity index (χ1v) is 4.82.